The Morgan fingerprint density at radius 3 is 2.68 bits per heavy atom. The van der Waals surface area contributed by atoms with E-state index in [4.69, 9.17) is 16.0 Å². The van der Waals surface area contributed by atoms with Crippen LogP contribution < -0.4 is 4.72 Å². The maximum atomic E-state index is 12.7. The first-order valence-electron chi connectivity index (χ1n) is 7.40. The average Bonchev–Trinajstić information content (AvgIpc) is 3.29. The Bertz CT molecular complexity index is 916. The minimum atomic E-state index is -3.86. The van der Waals surface area contributed by atoms with Crippen LogP contribution in [-0.2, 0) is 15.6 Å². The number of aliphatic hydroxyl groups is 1. The topological polar surface area (TPSA) is 79.5 Å². The Labute approximate surface area is 154 Å². The molecule has 2 heterocycles. The molecule has 132 valence electrons. The van der Waals surface area contributed by atoms with Crippen molar-refractivity contribution < 1.29 is 17.9 Å². The van der Waals surface area contributed by atoms with Crippen LogP contribution >= 0.6 is 22.9 Å². The number of thiophene rings is 1. The molecule has 1 unspecified atom stereocenters. The van der Waals surface area contributed by atoms with E-state index in [1.165, 1.54) is 23.7 Å². The lowest BCUT2D eigenvalue weighted by molar-refractivity contribution is 0.0655. The van der Waals surface area contributed by atoms with Crippen LogP contribution in [0.4, 0.5) is 0 Å². The van der Waals surface area contributed by atoms with Gasteiger partial charge in [0.2, 0.25) is 10.0 Å². The van der Waals surface area contributed by atoms with Crippen molar-refractivity contribution in [1.82, 2.24) is 4.72 Å². The summed E-state index contributed by atoms with van der Waals surface area (Å²) in [6.45, 7) is 1.37. The summed E-state index contributed by atoms with van der Waals surface area (Å²) >= 11 is 7.33. The van der Waals surface area contributed by atoms with Crippen LogP contribution in [0.5, 0.6) is 0 Å². The zero-order valence-electron chi connectivity index (χ0n) is 13.3. The van der Waals surface area contributed by atoms with Gasteiger partial charge in [-0.2, -0.15) is 0 Å². The molecule has 3 rings (SSSR count). The normalized spacial score (nSPS) is 14.4. The molecule has 3 aromatic rings. The standard InChI is InChI=1S/C17H16ClNO4S2/c1-12-13(18)5-2-6-14(12)25(21,22)19-11-17(20,15-7-3-9-23-15)16-8-4-10-24-16/h2-10,19-20H,11H2,1H3. The summed E-state index contributed by atoms with van der Waals surface area (Å²) < 4.78 is 33.2. The summed E-state index contributed by atoms with van der Waals surface area (Å²) in [5.74, 6) is 0.264. The number of furan rings is 1. The van der Waals surface area contributed by atoms with E-state index in [2.05, 4.69) is 4.72 Å². The second kappa shape index (κ2) is 6.93. The molecule has 0 bridgehead atoms. The van der Waals surface area contributed by atoms with Gasteiger partial charge in [0.1, 0.15) is 5.76 Å². The van der Waals surface area contributed by atoms with Crippen LogP contribution in [0.25, 0.3) is 0 Å². The summed E-state index contributed by atoms with van der Waals surface area (Å²) in [5, 5.41) is 13.3. The van der Waals surface area contributed by atoms with Crippen molar-refractivity contribution >= 4 is 33.0 Å². The second-order valence-corrected chi connectivity index (χ2v) is 8.59. The molecule has 0 amide bonds. The quantitative estimate of drug-likeness (QED) is 0.667. The smallest absolute Gasteiger partial charge is 0.241 e. The number of halogens is 1. The third-order valence-corrected chi connectivity index (χ3v) is 6.86. The highest BCUT2D eigenvalue weighted by Gasteiger charge is 2.37. The number of rotatable bonds is 6. The van der Waals surface area contributed by atoms with Gasteiger partial charge < -0.3 is 9.52 Å². The SMILES string of the molecule is Cc1c(Cl)cccc1S(=O)(=O)NCC(O)(c1ccco1)c1cccs1. The minimum absolute atomic E-state index is 0.0768. The summed E-state index contributed by atoms with van der Waals surface area (Å²) in [6, 6.07) is 11.4. The third-order valence-electron chi connectivity index (χ3n) is 3.88. The van der Waals surface area contributed by atoms with Crippen molar-refractivity contribution in [2.24, 2.45) is 0 Å². The van der Waals surface area contributed by atoms with Crippen molar-refractivity contribution in [3.63, 3.8) is 0 Å². The number of sulfonamides is 1. The van der Waals surface area contributed by atoms with Crippen LogP contribution in [0, 0.1) is 6.92 Å². The van der Waals surface area contributed by atoms with Crippen molar-refractivity contribution in [3.05, 3.63) is 75.3 Å². The van der Waals surface area contributed by atoms with Gasteiger partial charge >= 0.3 is 0 Å². The second-order valence-electron chi connectivity index (χ2n) is 5.50. The van der Waals surface area contributed by atoms with Gasteiger partial charge in [0.15, 0.2) is 5.60 Å². The maximum absolute atomic E-state index is 12.7. The zero-order valence-corrected chi connectivity index (χ0v) is 15.7. The van der Waals surface area contributed by atoms with E-state index >= 15 is 0 Å². The van der Waals surface area contributed by atoms with E-state index in [0.29, 0.717) is 15.5 Å². The van der Waals surface area contributed by atoms with Gasteiger partial charge in [0.25, 0.3) is 0 Å². The lowest BCUT2D eigenvalue weighted by Gasteiger charge is -2.25. The molecule has 0 aliphatic rings. The molecule has 0 saturated carbocycles. The van der Waals surface area contributed by atoms with Crippen molar-refractivity contribution in [2.45, 2.75) is 17.4 Å². The van der Waals surface area contributed by atoms with E-state index in [9.17, 15) is 13.5 Å². The first kappa shape index (κ1) is 18.2. The van der Waals surface area contributed by atoms with Gasteiger partial charge in [-0.25, -0.2) is 13.1 Å². The molecule has 1 atom stereocenters. The molecule has 0 saturated heterocycles. The largest absolute Gasteiger partial charge is 0.466 e. The Morgan fingerprint density at radius 2 is 2.04 bits per heavy atom. The molecule has 25 heavy (non-hydrogen) atoms. The molecule has 1 aromatic carbocycles. The van der Waals surface area contributed by atoms with Crippen molar-refractivity contribution in [3.8, 4) is 0 Å². The van der Waals surface area contributed by atoms with E-state index in [1.54, 1.807) is 48.7 Å². The number of hydrogen-bond acceptors (Lipinski definition) is 5. The molecular formula is C17H16ClNO4S2. The van der Waals surface area contributed by atoms with Gasteiger partial charge in [-0.3, -0.25) is 0 Å². The van der Waals surface area contributed by atoms with Crippen LogP contribution in [-0.4, -0.2) is 20.1 Å². The Morgan fingerprint density at radius 1 is 1.24 bits per heavy atom. The predicted octanol–water partition coefficient (Wildman–Crippen LogP) is 3.52. The van der Waals surface area contributed by atoms with Crippen LogP contribution in [0.15, 0.2) is 63.4 Å². The molecule has 0 radical (unpaired) electrons. The first-order valence-corrected chi connectivity index (χ1v) is 10.1. The lowest BCUT2D eigenvalue weighted by atomic mass is 9.99. The van der Waals surface area contributed by atoms with Gasteiger partial charge in [-0.05, 0) is 48.2 Å². The molecular weight excluding hydrogens is 382 g/mol. The molecule has 0 aliphatic heterocycles. The first-order chi connectivity index (χ1) is 11.8. The van der Waals surface area contributed by atoms with Crippen molar-refractivity contribution in [1.29, 1.82) is 0 Å². The van der Waals surface area contributed by atoms with Gasteiger partial charge in [0, 0.05) is 9.90 Å². The number of nitrogens with one attached hydrogen (secondary N) is 1. The highest BCUT2D eigenvalue weighted by Crippen LogP contribution is 2.33. The molecule has 8 heteroatoms. The Balaban J connectivity index is 1.93. The summed E-state index contributed by atoms with van der Waals surface area (Å²) in [7, 11) is -3.86. The van der Waals surface area contributed by atoms with E-state index in [1.807, 2.05) is 0 Å². The van der Waals surface area contributed by atoms with Crippen LogP contribution in [0.2, 0.25) is 5.02 Å². The fourth-order valence-electron chi connectivity index (χ4n) is 2.48. The highest BCUT2D eigenvalue weighted by atomic mass is 35.5. The monoisotopic (exact) mass is 397 g/mol. The highest BCUT2D eigenvalue weighted by molar-refractivity contribution is 7.89. The van der Waals surface area contributed by atoms with Gasteiger partial charge in [0.05, 0.1) is 17.7 Å². The lowest BCUT2D eigenvalue weighted by Crippen LogP contribution is -2.41. The Hall–Kier alpha value is -1.64. The molecule has 0 fully saturated rings. The summed E-state index contributed by atoms with van der Waals surface area (Å²) in [6.07, 6.45) is 1.43. The van der Waals surface area contributed by atoms with Gasteiger partial charge in [-0.1, -0.05) is 23.7 Å². The summed E-state index contributed by atoms with van der Waals surface area (Å²) in [5.41, 5.74) is -1.15. The molecule has 2 aromatic heterocycles. The Kier molecular flexibility index (Phi) is 5.04. The zero-order chi connectivity index (χ0) is 18.1. The molecule has 2 N–H and O–H groups in total. The number of benzene rings is 1. The number of hydrogen-bond donors (Lipinski definition) is 2. The van der Waals surface area contributed by atoms with Gasteiger partial charge in [-0.15, -0.1) is 11.3 Å². The molecule has 0 aliphatic carbocycles. The maximum Gasteiger partial charge on any atom is 0.241 e. The fourth-order valence-corrected chi connectivity index (χ4v) is 4.86. The van der Waals surface area contributed by atoms with E-state index in [0.717, 1.165) is 0 Å². The van der Waals surface area contributed by atoms with Crippen LogP contribution in [0.1, 0.15) is 16.2 Å². The van der Waals surface area contributed by atoms with E-state index in [-0.39, 0.29) is 17.2 Å². The molecule has 5 nitrogen and oxygen atoms in total. The molecule has 0 spiro atoms. The average molecular weight is 398 g/mol. The third kappa shape index (κ3) is 3.51. The summed E-state index contributed by atoms with van der Waals surface area (Å²) in [4.78, 5) is 0.654. The fraction of sp³-hybridized carbons (Fsp3) is 0.176. The minimum Gasteiger partial charge on any atom is -0.466 e. The van der Waals surface area contributed by atoms with Crippen LogP contribution in [0.3, 0.4) is 0 Å². The predicted molar refractivity (Wildman–Crippen MR) is 97.4 cm³/mol. The van der Waals surface area contributed by atoms with E-state index < -0.39 is 15.6 Å². The van der Waals surface area contributed by atoms with Crippen molar-refractivity contribution in [2.75, 3.05) is 6.54 Å².